The highest BCUT2D eigenvalue weighted by Gasteiger charge is 2.51. The van der Waals surface area contributed by atoms with E-state index >= 15 is 0 Å². The molecule has 2 nitrogen and oxygen atoms in total. The molecule has 1 aliphatic carbocycles. The molecular formula is C16H15Cl2NOS. The lowest BCUT2D eigenvalue weighted by Gasteiger charge is -2.06. The van der Waals surface area contributed by atoms with Gasteiger partial charge in [0.2, 0.25) is 5.91 Å². The van der Waals surface area contributed by atoms with Gasteiger partial charge in [-0.05, 0) is 35.1 Å². The molecule has 2 aromatic rings. The summed E-state index contributed by atoms with van der Waals surface area (Å²) in [4.78, 5) is 11.9. The van der Waals surface area contributed by atoms with Gasteiger partial charge in [-0.2, -0.15) is 11.8 Å². The van der Waals surface area contributed by atoms with Crippen molar-refractivity contribution in [2.24, 2.45) is 5.92 Å². The SMILES string of the molecule is O=C(CSC[C@H]1CC1(Cl)Cl)Nc1ccc2ccccc2c1. The largest absolute Gasteiger partial charge is 0.325 e. The molecule has 0 spiro atoms. The molecule has 0 saturated heterocycles. The molecule has 0 aromatic heterocycles. The first kappa shape index (κ1) is 15.0. The molecule has 1 atom stereocenters. The van der Waals surface area contributed by atoms with E-state index < -0.39 is 4.33 Å². The van der Waals surface area contributed by atoms with E-state index in [-0.39, 0.29) is 5.91 Å². The van der Waals surface area contributed by atoms with E-state index in [2.05, 4.69) is 11.4 Å². The summed E-state index contributed by atoms with van der Waals surface area (Å²) in [5.74, 6) is 1.58. The number of thioether (sulfide) groups is 1. The molecule has 1 saturated carbocycles. The van der Waals surface area contributed by atoms with Crippen molar-refractivity contribution in [2.45, 2.75) is 10.8 Å². The molecular weight excluding hydrogens is 325 g/mol. The molecule has 0 aliphatic heterocycles. The number of hydrogen-bond acceptors (Lipinski definition) is 2. The number of rotatable bonds is 5. The maximum atomic E-state index is 11.9. The second-order valence-electron chi connectivity index (χ2n) is 5.29. The van der Waals surface area contributed by atoms with Gasteiger partial charge in [-0.15, -0.1) is 23.2 Å². The van der Waals surface area contributed by atoms with Crippen molar-refractivity contribution >= 4 is 57.3 Å². The van der Waals surface area contributed by atoms with Gasteiger partial charge in [-0.3, -0.25) is 4.79 Å². The van der Waals surface area contributed by atoms with Crippen molar-refractivity contribution in [1.82, 2.24) is 0 Å². The van der Waals surface area contributed by atoms with Crippen LogP contribution in [0.15, 0.2) is 42.5 Å². The summed E-state index contributed by atoms with van der Waals surface area (Å²) in [5.41, 5.74) is 0.828. The molecule has 1 aliphatic rings. The molecule has 1 fully saturated rings. The van der Waals surface area contributed by atoms with Gasteiger partial charge >= 0.3 is 0 Å². The summed E-state index contributed by atoms with van der Waals surface area (Å²) in [5, 5.41) is 5.21. The average Bonchev–Trinajstić information content (AvgIpc) is 3.06. The second-order valence-corrected chi connectivity index (χ2v) is 7.86. The molecule has 3 rings (SSSR count). The summed E-state index contributed by atoms with van der Waals surface area (Å²) in [6, 6.07) is 14.0. The van der Waals surface area contributed by atoms with Crippen LogP contribution >= 0.6 is 35.0 Å². The quantitative estimate of drug-likeness (QED) is 0.799. The molecule has 110 valence electrons. The predicted octanol–water partition coefficient (Wildman–Crippen LogP) is 4.71. The fourth-order valence-corrected chi connectivity index (χ4v) is 3.98. The zero-order chi connectivity index (χ0) is 14.9. The monoisotopic (exact) mass is 339 g/mol. The van der Waals surface area contributed by atoms with Crippen LogP contribution in [0.25, 0.3) is 10.8 Å². The summed E-state index contributed by atoms with van der Waals surface area (Å²) >= 11 is 13.5. The highest BCUT2D eigenvalue weighted by molar-refractivity contribution is 8.00. The maximum absolute atomic E-state index is 11.9. The minimum atomic E-state index is -0.554. The third-order valence-corrected chi connectivity index (χ3v) is 5.57. The van der Waals surface area contributed by atoms with Crippen LogP contribution in [0, 0.1) is 5.92 Å². The maximum Gasteiger partial charge on any atom is 0.234 e. The van der Waals surface area contributed by atoms with Gasteiger partial charge in [0, 0.05) is 11.6 Å². The highest BCUT2D eigenvalue weighted by atomic mass is 35.5. The number of carbonyl (C=O) groups is 1. The van der Waals surface area contributed by atoms with Crippen LogP contribution in [0.1, 0.15) is 6.42 Å². The number of anilines is 1. The lowest BCUT2D eigenvalue weighted by atomic mass is 10.1. The van der Waals surface area contributed by atoms with Crippen molar-refractivity contribution in [3.05, 3.63) is 42.5 Å². The third kappa shape index (κ3) is 3.85. The molecule has 1 amide bonds. The number of carbonyl (C=O) groups excluding carboxylic acids is 1. The van der Waals surface area contributed by atoms with E-state index in [1.807, 2.05) is 36.4 Å². The van der Waals surface area contributed by atoms with Crippen LogP contribution in [-0.4, -0.2) is 21.7 Å². The minimum Gasteiger partial charge on any atom is -0.325 e. The Labute approximate surface area is 138 Å². The molecule has 0 unspecified atom stereocenters. The van der Waals surface area contributed by atoms with E-state index in [0.29, 0.717) is 11.7 Å². The third-order valence-electron chi connectivity index (χ3n) is 3.54. The summed E-state index contributed by atoms with van der Waals surface area (Å²) in [6.07, 6.45) is 0.829. The van der Waals surface area contributed by atoms with Crippen LogP contribution in [0.2, 0.25) is 0 Å². The van der Waals surface area contributed by atoms with Crippen molar-refractivity contribution in [3.63, 3.8) is 0 Å². The van der Waals surface area contributed by atoms with E-state index in [1.165, 1.54) is 5.39 Å². The Morgan fingerprint density at radius 2 is 1.95 bits per heavy atom. The fourth-order valence-electron chi connectivity index (χ4n) is 2.21. The zero-order valence-electron chi connectivity index (χ0n) is 11.3. The molecule has 0 radical (unpaired) electrons. The van der Waals surface area contributed by atoms with Crippen molar-refractivity contribution < 1.29 is 4.79 Å². The number of hydrogen-bond donors (Lipinski definition) is 1. The fraction of sp³-hybridized carbons (Fsp3) is 0.312. The lowest BCUT2D eigenvalue weighted by molar-refractivity contribution is -0.113. The number of fused-ring (bicyclic) bond motifs is 1. The first-order chi connectivity index (χ1) is 10.0. The molecule has 1 N–H and O–H groups in total. The van der Waals surface area contributed by atoms with Gasteiger partial charge in [0.05, 0.1) is 5.75 Å². The predicted molar refractivity (Wildman–Crippen MR) is 92.4 cm³/mol. The second kappa shape index (κ2) is 6.07. The van der Waals surface area contributed by atoms with E-state index in [4.69, 9.17) is 23.2 Å². The topological polar surface area (TPSA) is 29.1 Å². The van der Waals surface area contributed by atoms with Crippen LogP contribution in [0.5, 0.6) is 0 Å². The number of nitrogens with one attached hydrogen (secondary N) is 1. The molecule has 21 heavy (non-hydrogen) atoms. The molecule has 2 aromatic carbocycles. The Balaban J connectivity index is 1.51. The number of benzene rings is 2. The lowest BCUT2D eigenvalue weighted by Crippen LogP contribution is -2.14. The Bertz CT molecular complexity index is 674. The Kier molecular flexibility index (Phi) is 4.34. The first-order valence-corrected chi connectivity index (χ1v) is 8.70. The van der Waals surface area contributed by atoms with Gasteiger partial charge in [0.25, 0.3) is 0 Å². The Hall–Kier alpha value is -0.900. The van der Waals surface area contributed by atoms with Crippen molar-refractivity contribution in [3.8, 4) is 0 Å². The van der Waals surface area contributed by atoms with Gasteiger partial charge in [-0.1, -0.05) is 30.3 Å². The van der Waals surface area contributed by atoms with Gasteiger partial charge < -0.3 is 5.32 Å². The van der Waals surface area contributed by atoms with Crippen molar-refractivity contribution in [1.29, 1.82) is 0 Å². The summed E-state index contributed by atoms with van der Waals surface area (Å²) < 4.78 is -0.554. The summed E-state index contributed by atoms with van der Waals surface area (Å²) in [6.45, 7) is 0. The Morgan fingerprint density at radius 3 is 2.67 bits per heavy atom. The van der Waals surface area contributed by atoms with Crippen LogP contribution < -0.4 is 5.32 Å². The van der Waals surface area contributed by atoms with Gasteiger partial charge in [0.1, 0.15) is 4.33 Å². The van der Waals surface area contributed by atoms with E-state index in [0.717, 1.165) is 23.2 Å². The van der Waals surface area contributed by atoms with Crippen LogP contribution in [0.4, 0.5) is 5.69 Å². The van der Waals surface area contributed by atoms with E-state index in [9.17, 15) is 4.79 Å². The first-order valence-electron chi connectivity index (χ1n) is 6.79. The van der Waals surface area contributed by atoms with Gasteiger partial charge in [-0.25, -0.2) is 0 Å². The normalized spacial score (nSPS) is 19.4. The van der Waals surface area contributed by atoms with E-state index in [1.54, 1.807) is 11.8 Å². The number of halogens is 2. The van der Waals surface area contributed by atoms with Crippen LogP contribution in [-0.2, 0) is 4.79 Å². The van der Waals surface area contributed by atoms with Gasteiger partial charge in [0.15, 0.2) is 0 Å². The zero-order valence-corrected chi connectivity index (χ0v) is 13.6. The highest BCUT2D eigenvalue weighted by Crippen LogP contribution is 2.54. The van der Waals surface area contributed by atoms with Crippen LogP contribution in [0.3, 0.4) is 0 Å². The minimum absolute atomic E-state index is 0.00526. The molecule has 0 heterocycles. The Morgan fingerprint density at radius 1 is 1.24 bits per heavy atom. The smallest absolute Gasteiger partial charge is 0.234 e. The number of amides is 1. The van der Waals surface area contributed by atoms with Crippen molar-refractivity contribution in [2.75, 3.05) is 16.8 Å². The standard InChI is InChI=1S/C16H15Cl2NOS/c17-16(18)8-13(16)9-21-10-15(20)19-14-6-5-11-3-1-2-4-12(11)7-14/h1-7,13H,8-10H2,(H,19,20)/t13-/m1/s1. The summed E-state index contributed by atoms with van der Waals surface area (Å²) in [7, 11) is 0. The molecule has 0 bridgehead atoms. The number of alkyl halides is 2. The molecule has 5 heteroatoms. The average molecular weight is 340 g/mol.